The lowest BCUT2D eigenvalue weighted by atomic mass is 10.2. The number of halogens is 3. The lowest BCUT2D eigenvalue weighted by Gasteiger charge is -2.13. The molecule has 0 aliphatic heterocycles. The highest BCUT2D eigenvalue weighted by Crippen LogP contribution is 2.24. The number of hydrogen-bond acceptors (Lipinski definition) is 3. The van der Waals surface area contributed by atoms with Gasteiger partial charge in [-0.3, -0.25) is 4.98 Å². The molecule has 0 amide bonds. The van der Waals surface area contributed by atoms with Crippen LogP contribution in [0.3, 0.4) is 0 Å². The Morgan fingerprint density at radius 1 is 0.923 bits per heavy atom. The summed E-state index contributed by atoms with van der Waals surface area (Å²) in [7, 11) is 0. The Balaban J connectivity index is 0.00000243. The number of pyridine rings is 1. The van der Waals surface area contributed by atoms with Crippen molar-refractivity contribution in [2.45, 2.75) is 19.7 Å². The van der Waals surface area contributed by atoms with Crippen molar-refractivity contribution >= 4 is 23.2 Å². The Morgan fingerprint density at radius 3 is 2.54 bits per heavy atom. The monoisotopic (exact) mass is 407 g/mol. The van der Waals surface area contributed by atoms with Crippen molar-refractivity contribution < 1.29 is 17.1 Å². The van der Waals surface area contributed by atoms with Crippen molar-refractivity contribution in [3.63, 3.8) is 0 Å². The lowest BCUT2D eigenvalue weighted by Crippen LogP contribution is -3.00. The molecule has 1 N–H and O–H groups in total. The van der Waals surface area contributed by atoms with Crippen LogP contribution in [-0.2, 0) is 19.7 Å². The third-order valence-corrected chi connectivity index (χ3v) is 4.33. The largest absolute Gasteiger partial charge is 1.00 e. The molecule has 3 nitrogen and oxygen atoms in total. The molecule has 0 unspecified atom stereocenters. The van der Waals surface area contributed by atoms with Gasteiger partial charge in [0.15, 0.2) is 0 Å². The van der Waals surface area contributed by atoms with Gasteiger partial charge in [-0.25, -0.2) is 0 Å². The molecule has 26 heavy (non-hydrogen) atoms. The van der Waals surface area contributed by atoms with Crippen LogP contribution >= 0.6 is 23.2 Å². The summed E-state index contributed by atoms with van der Waals surface area (Å²) in [6.45, 7) is 1.86. The number of benzene rings is 2. The van der Waals surface area contributed by atoms with Gasteiger partial charge in [0.25, 0.3) is 0 Å². The van der Waals surface area contributed by atoms with Crippen LogP contribution in [0.1, 0.15) is 16.7 Å². The minimum absolute atomic E-state index is 0. The minimum Gasteiger partial charge on any atom is -1.00 e. The first-order chi connectivity index (χ1) is 12.2. The first-order valence-corrected chi connectivity index (χ1v) is 8.72. The molecule has 0 aliphatic carbocycles. The van der Waals surface area contributed by atoms with Crippen molar-refractivity contribution in [3.8, 4) is 5.75 Å². The predicted molar refractivity (Wildman–Crippen MR) is 102 cm³/mol. The van der Waals surface area contributed by atoms with Crippen LogP contribution in [0.25, 0.3) is 0 Å². The van der Waals surface area contributed by atoms with Gasteiger partial charge in [-0.05, 0) is 29.8 Å². The fourth-order valence-corrected chi connectivity index (χ4v) is 2.89. The Hall–Kier alpha value is -1.78. The second-order valence-electron chi connectivity index (χ2n) is 5.60. The van der Waals surface area contributed by atoms with E-state index in [0.717, 1.165) is 29.0 Å². The Labute approximate surface area is 169 Å². The molecule has 1 heterocycles. The van der Waals surface area contributed by atoms with Crippen LogP contribution in [-0.4, -0.2) is 4.98 Å². The number of rotatable bonds is 7. The molecule has 1 aromatic heterocycles. The number of nitrogens with zero attached hydrogens (tertiary/aromatic N) is 1. The average molecular weight is 409 g/mol. The average Bonchev–Trinajstić information content (AvgIpc) is 2.63. The van der Waals surface area contributed by atoms with Crippen LogP contribution < -0.4 is 22.5 Å². The molecular formula is C20H18Cl3N2O-. The molecule has 0 aliphatic rings. The number of nitrogens with one attached hydrogen (secondary N) is 1. The molecule has 3 rings (SSSR count). The fourth-order valence-electron chi connectivity index (χ4n) is 2.43. The molecule has 0 saturated heterocycles. The van der Waals surface area contributed by atoms with E-state index in [1.54, 1.807) is 12.3 Å². The van der Waals surface area contributed by atoms with Gasteiger partial charge in [0, 0.05) is 46.7 Å². The van der Waals surface area contributed by atoms with Crippen LogP contribution in [0.4, 0.5) is 0 Å². The number of aromatic nitrogens is 1. The van der Waals surface area contributed by atoms with Crippen molar-refractivity contribution in [3.05, 3.63) is 93.7 Å². The highest BCUT2D eigenvalue weighted by atomic mass is 35.5. The second kappa shape index (κ2) is 10.4. The summed E-state index contributed by atoms with van der Waals surface area (Å²) in [5, 5.41) is 4.64. The molecule has 136 valence electrons. The molecule has 0 atom stereocenters. The summed E-state index contributed by atoms with van der Waals surface area (Å²) < 4.78 is 5.97. The summed E-state index contributed by atoms with van der Waals surface area (Å²) in [6.07, 6.45) is 3.63. The van der Waals surface area contributed by atoms with E-state index in [-0.39, 0.29) is 12.4 Å². The van der Waals surface area contributed by atoms with E-state index in [9.17, 15) is 0 Å². The molecular weight excluding hydrogens is 391 g/mol. The minimum atomic E-state index is 0. The molecule has 2 aromatic carbocycles. The molecule has 0 spiro atoms. The maximum Gasteiger partial charge on any atom is 0.124 e. The predicted octanol–water partition coefficient (Wildman–Crippen LogP) is 2.26. The van der Waals surface area contributed by atoms with Crippen molar-refractivity contribution in [1.29, 1.82) is 0 Å². The number of hydrogen-bond donors (Lipinski definition) is 1. The molecule has 6 heteroatoms. The van der Waals surface area contributed by atoms with Crippen molar-refractivity contribution in [2.75, 3.05) is 0 Å². The second-order valence-corrected chi connectivity index (χ2v) is 6.44. The van der Waals surface area contributed by atoms with Gasteiger partial charge in [0.05, 0.1) is 0 Å². The first-order valence-electron chi connectivity index (χ1n) is 7.96. The van der Waals surface area contributed by atoms with Crippen molar-refractivity contribution in [2.24, 2.45) is 0 Å². The van der Waals surface area contributed by atoms with Crippen LogP contribution in [0.5, 0.6) is 5.75 Å². The Morgan fingerprint density at radius 2 is 1.77 bits per heavy atom. The standard InChI is InChI=1S/C20H18Cl2N2O.ClH/c21-18-8-7-17(19(22)10-18)14-25-20-6-2-1-5-16(20)13-24-12-15-4-3-9-23-11-15;/h1-11,24H,12-14H2;1H/p-1. The van der Waals surface area contributed by atoms with Crippen LogP contribution in [0, 0.1) is 0 Å². The summed E-state index contributed by atoms with van der Waals surface area (Å²) in [5.74, 6) is 0.840. The molecule has 0 fully saturated rings. The molecule has 0 bridgehead atoms. The highest BCUT2D eigenvalue weighted by molar-refractivity contribution is 6.35. The molecule has 0 saturated carbocycles. The zero-order valence-electron chi connectivity index (χ0n) is 14.0. The van der Waals surface area contributed by atoms with Gasteiger partial charge in [0.2, 0.25) is 0 Å². The van der Waals surface area contributed by atoms with E-state index in [0.29, 0.717) is 23.2 Å². The van der Waals surface area contributed by atoms with Crippen LogP contribution in [0.2, 0.25) is 10.0 Å². The van der Waals surface area contributed by atoms with E-state index in [1.807, 2.05) is 48.7 Å². The summed E-state index contributed by atoms with van der Waals surface area (Å²) in [5.41, 5.74) is 3.15. The summed E-state index contributed by atoms with van der Waals surface area (Å²) >= 11 is 12.1. The zero-order valence-corrected chi connectivity index (χ0v) is 16.2. The number of ether oxygens (including phenoxy) is 1. The van der Waals surface area contributed by atoms with Gasteiger partial charge in [-0.2, -0.15) is 0 Å². The first kappa shape index (κ1) is 20.5. The van der Waals surface area contributed by atoms with Crippen molar-refractivity contribution in [1.82, 2.24) is 10.3 Å². The van der Waals surface area contributed by atoms with E-state index >= 15 is 0 Å². The maximum atomic E-state index is 6.20. The van der Waals surface area contributed by atoms with E-state index in [4.69, 9.17) is 27.9 Å². The van der Waals surface area contributed by atoms with Crippen LogP contribution in [0.15, 0.2) is 67.0 Å². The maximum absolute atomic E-state index is 6.20. The molecule has 3 aromatic rings. The lowest BCUT2D eigenvalue weighted by molar-refractivity contribution is -0.00000524. The Kier molecular flexibility index (Phi) is 8.20. The quantitative estimate of drug-likeness (QED) is 0.651. The van der Waals surface area contributed by atoms with Gasteiger partial charge >= 0.3 is 0 Å². The smallest absolute Gasteiger partial charge is 0.124 e. The molecule has 0 radical (unpaired) electrons. The van der Waals surface area contributed by atoms with E-state index in [2.05, 4.69) is 16.4 Å². The van der Waals surface area contributed by atoms with E-state index in [1.165, 1.54) is 0 Å². The van der Waals surface area contributed by atoms with Gasteiger partial charge < -0.3 is 22.5 Å². The van der Waals surface area contributed by atoms with E-state index < -0.39 is 0 Å². The summed E-state index contributed by atoms with van der Waals surface area (Å²) in [4.78, 5) is 4.12. The third-order valence-electron chi connectivity index (χ3n) is 3.74. The topological polar surface area (TPSA) is 34.1 Å². The number of para-hydroxylation sites is 1. The van der Waals surface area contributed by atoms with Gasteiger partial charge in [0.1, 0.15) is 12.4 Å². The fraction of sp³-hybridized carbons (Fsp3) is 0.150. The normalized spacial score (nSPS) is 10.2. The third kappa shape index (κ3) is 5.89. The Bertz CT molecular complexity index is 828. The van der Waals surface area contributed by atoms with Gasteiger partial charge in [-0.1, -0.05) is 53.5 Å². The SMILES string of the molecule is Clc1ccc(COc2ccccc2CNCc2cccnc2)c(Cl)c1.[Cl-]. The van der Waals surface area contributed by atoms with Gasteiger partial charge in [-0.15, -0.1) is 0 Å². The zero-order chi connectivity index (χ0) is 17.5. The highest BCUT2D eigenvalue weighted by Gasteiger charge is 2.06. The summed E-state index contributed by atoms with van der Waals surface area (Å²) in [6, 6.07) is 17.4.